The lowest BCUT2D eigenvalue weighted by molar-refractivity contribution is -0.117. The lowest BCUT2D eigenvalue weighted by Crippen LogP contribution is -2.35. The minimum atomic E-state index is -0.419. The quantitative estimate of drug-likeness (QED) is 0.462. The van der Waals surface area contributed by atoms with Gasteiger partial charge in [-0.1, -0.05) is 24.3 Å². The van der Waals surface area contributed by atoms with Gasteiger partial charge in [-0.3, -0.25) is 9.59 Å². The third-order valence-corrected chi connectivity index (χ3v) is 5.87. The van der Waals surface area contributed by atoms with Crippen molar-refractivity contribution in [1.29, 1.82) is 0 Å². The Hall–Kier alpha value is -4.47. The maximum atomic E-state index is 13.3. The third-order valence-electron chi connectivity index (χ3n) is 5.87. The molecule has 2 amide bonds. The van der Waals surface area contributed by atoms with Gasteiger partial charge in [0.05, 0.1) is 0 Å². The van der Waals surface area contributed by atoms with E-state index in [0.29, 0.717) is 29.5 Å². The van der Waals surface area contributed by atoms with Crippen molar-refractivity contribution in [2.75, 3.05) is 22.1 Å². The summed E-state index contributed by atoms with van der Waals surface area (Å²) in [6.07, 6.45) is 0.860. The van der Waals surface area contributed by atoms with Gasteiger partial charge in [-0.15, -0.1) is 5.10 Å². The molecular weight excluding hydrogens is 446 g/mol. The van der Waals surface area contributed by atoms with Crippen LogP contribution in [0.3, 0.4) is 0 Å². The molecule has 0 bridgehead atoms. The number of benzene rings is 2. The normalized spacial score (nSPS) is 12.9. The monoisotopic (exact) mass is 471 g/mol. The molecule has 35 heavy (non-hydrogen) atoms. The van der Waals surface area contributed by atoms with Crippen LogP contribution in [0.1, 0.15) is 23.7 Å². The number of aryl methyl sites for hydroxylation is 1. The molecule has 2 N–H and O–H groups in total. The minimum absolute atomic E-state index is 0.175. The maximum absolute atomic E-state index is 13.3. The Morgan fingerprint density at radius 1 is 1.00 bits per heavy atom. The van der Waals surface area contributed by atoms with Crippen LogP contribution in [-0.4, -0.2) is 37.5 Å². The number of rotatable bonds is 5. The maximum Gasteiger partial charge on any atom is 0.353 e. The van der Waals surface area contributed by atoms with Gasteiger partial charge in [-0.05, 0) is 48.7 Å². The summed E-state index contributed by atoms with van der Waals surface area (Å²) in [6.45, 7) is 4.43. The predicted octanol–water partition coefficient (Wildman–Crippen LogP) is 2.36. The summed E-state index contributed by atoms with van der Waals surface area (Å²) in [7, 11) is 0. The summed E-state index contributed by atoms with van der Waals surface area (Å²) in [4.78, 5) is 43.8. The number of hydrogen-bond donors (Lipinski definition) is 2. The zero-order valence-electron chi connectivity index (χ0n) is 19.5. The van der Waals surface area contributed by atoms with Crippen LogP contribution in [0, 0.1) is 6.92 Å². The number of nitrogens with one attached hydrogen (secondary N) is 2. The van der Waals surface area contributed by atoms with E-state index < -0.39 is 5.69 Å². The Morgan fingerprint density at radius 3 is 2.40 bits per heavy atom. The second-order valence-corrected chi connectivity index (χ2v) is 8.58. The molecule has 0 radical (unpaired) electrons. The van der Waals surface area contributed by atoms with Crippen molar-refractivity contribution in [2.24, 2.45) is 0 Å². The molecule has 0 fully saturated rings. The summed E-state index contributed by atoms with van der Waals surface area (Å²) >= 11 is 0. The van der Waals surface area contributed by atoms with Gasteiger partial charge in [-0.2, -0.15) is 0 Å². The van der Waals surface area contributed by atoms with Crippen LogP contribution in [0.25, 0.3) is 5.65 Å². The number of fused-ring (bicyclic) bond motifs is 2. The van der Waals surface area contributed by atoms with Crippen LogP contribution < -0.4 is 21.2 Å². The number of carbonyl (C=O) groups excluding carboxylic acids is 2. The van der Waals surface area contributed by atoms with E-state index in [0.717, 1.165) is 23.3 Å². The molecule has 0 atom stereocenters. The first-order valence-corrected chi connectivity index (χ1v) is 11.3. The van der Waals surface area contributed by atoms with Crippen LogP contribution in [0.4, 0.5) is 17.3 Å². The van der Waals surface area contributed by atoms with E-state index in [1.165, 1.54) is 22.5 Å². The van der Waals surface area contributed by atoms with Gasteiger partial charge in [0.1, 0.15) is 6.54 Å². The highest BCUT2D eigenvalue weighted by Crippen LogP contribution is 2.23. The molecule has 4 aromatic rings. The topological polar surface area (TPSA) is 114 Å². The van der Waals surface area contributed by atoms with Gasteiger partial charge in [0.2, 0.25) is 17.8 Å². The van der Waals surface area contributed by atoms with Crippen molar-refractivity contribution in [1.82, 2.24) is 19.2 Å². The highest BCUT2D eigenvalue weighted by Gasteiger charge is 2.22. The zero-order chi connectivity index (χ0) is 24.5. The number of anilines is 3. The summed E-state index contributed by atoms with van der Waals surface area (Å²) in [5, 5.41) is 9.82. The number of hydrogen-bond acceptors (Lipinski definition) is 6. The van der Waals surface area contributed by atoms with Gasteiger partial charge in [0.25, 0.3) is 0 Å². The molecule has 5 rings (SSSR count). The Balaban J connectivity index is 1.38. The fraction of sp³-hybridized carbons (Fsp3) is 0.240. The van der Waals surface area contributed by atoms with E-state index in [1.807, 2.05) is 19.1 Å². The van der Waals surface area contributed by atoms with Crippen molar-refractivity contribution in [3.8, 4) is 0 Å². The van der Waals surface area contributed by atoms with Crippen LogP contribution in [0.2, 0.25) is 0 Å². The molecular formula is C25H25N7O3. The van der Waals surface area contributed by atoms with Crippen LogP contribution in [-0.2, 0) is 29.1 Å². The fourth-order valence-corrected chi connectivity index (χ4v) is 4.29. The highest BCUT2D eigenvalue weighted by molar-refractivity contribution is 5.92. The van der Waals surface area contributed by atoms with Crippen molar-refractivity contribution in [2.45, 2.75) is 33.4 Å². The Kier molecular flexibility index (Phi) is 5.77. The fourth-order valence-electron chi connectivity index (χ4n) is 4.29. The van der Waals surface area contributed by atoms with Gasteiger partial charge in [0.15, 0.2) is 5.65 Å². The summed E-state index contributed by atoms with van der Waals surface area (Å²) in [5.41, 5.74) is 4.46. The molecule has 3 heterocycles. The van der Waals surface area contributed by atoms with Crippen LogP contribution in [0.5, 0.6) is 0 Å². The van der Waals surface area contributed by atoms with Gasteiger partial charge < -0.3 is 15.5 Å². The van der Waals surface area contributed by atoms with Crippen molar-refractivity contribution >= 4 is 34.8 Å². The minimum Gasteiger partial charge on any atom is -0.337 e. The van der Waals surface area contributed by atoms with Gasteiger partial charge in [-0.25, -0.2) is 18.9 Å². The molecule has 1 aliphatic heterocycles. The molecule has 10 nitrogen and oxygen atoms in total. The largest absolute Gasteiger partial charge is 0.353 e. The van der Waals surface area contributed by atoms with Gasteiger partial charge >= 0.3 is 5.69 Å². The first-order valence-electron chi connectivity index (χ1n) is 11.3. The third kappa shape index (κ3) is 4.63. The molecule has 0 unspecified atom stereocenters. The second kappa shape index (κ2) is 9.05. The first-order chi connectivity index (χ1) is 16.9. The molecule has 2 aromatic heterocycles. The molecule has 2 aromatic carbocycles. The smallest absolute Gasteiger partial charge is 0.337 e. The second-order valence-electron chi connectivity index (χ2n) is 8.58. The molecule has 0 spiro atoms. The van der Waals surface area contributed by atoms with Gasteiger partial charge in [0, 0.05) is 43.1 Å². The molecule has 0 aliphatic carbocycles. The molecule has 1 aliphatic rings. The number of aromatic nitrogens is 4. The standard InChI is InChI=1S/C25H25N7O3/c1-16-13-22-29-31(15-23(34)28-21-9-7-20(8-10-21)27-17(2)33)25(35)32(22)24(26-16)30-12-11-18-5-3-4-6-19(18)14-30/h3-10,13H,11-12,14-15H2,1-2H3,(H,27,33)(H,28,34). The molecule has 0 saturated carbocycles. The van der Waals surface area contributed by atoms with Crippen molar-refractivity contribution in [3.63, 3.8) is 0 Å². The molecule has 0 saturated heterocycles. The first kappa shape index (κ1) is 22.3. The van der Waals surface area contributed by atoms with Crippen LogP contribution in [0.15, 0.2) is 59.4 Å². The molecule has 10 heteroatoms. The number of carbonyl (C=O) groups is 2. The Labute approximate surface area is 201 Å². The number of amides is 2. The average Bonchev–Trinajstić information content (AvgIpc) is 3.13. The summed E-state index contributed by atoms with van der Waals surface area (Å²) in [5.74, 6) is -0.0356. The van der Waals surface area contributed by atoms with Crippen molar-refractivity contribution < 1.29 is 9.59 Å². The SMILES string of the molecule is CC(=O)Nc1ccc(NC(=O)Cn2nc3cc(C)nc(N4CCc5ccccc5C4)n3c2=O)cc1. The van der Waals surface area contributed by atoms with E-state index >= 15 is 0 Å². The Morgan fingerprint density at radius 2 is 1.69 bits per heavy atom. The average molecular weight is 472 g/mol. The van der Waals surface area contributed by atoms with E-state index in [-0.39, 0.29) is 18.4 Å². The number of nitrogens with zero attached hydrogens (tertiary/aromatic N) is 5. The molecule has 178 valence electrons. The summed E-state index contributed by atoms with van der Waals surface area (Å²) in [6, 6.07) is 16.7. The van der Waals surface area contributed by atoms with E-state index in [1.54, 1.807) is 30.3 Å². The lowest BCUT2D eigenvalue weighted by atomic mass is 10.0. The van der Waals surface area contributed by atoms with E-state index in [9.17, 15) is 14.4 Å². The zero-order valence-corrected chi connectivity index (χ0v) is 19.5. The predicted molar refractivity (Wildman–Crippen MR) is 133 cm³/mol. The van der Waals surface area contributed by atoms with E-state index in [2.05, 4.69) is 37.7 Å². The van der Waals surface area contributed by atoms with Crippen molar-refractivity contribution in [3.05, 3.63) is 81.9 Å². The Bertz CT molecular complexity index is 1490. The highest BCUT2D eigenvalue weighted by atomic mass is 16.2. The lowest BCUT2D eigenvalue weighted by Gasteiger charge is -2.29. The van der Waals surface area contributed by atoms with E-state index in [4.69, 9.17) is 0 Å². The summed E-state index contributed by atoms with van der Waals surface area (Å²) < 4.78 is 2.62. The van der Waals surface area contributed by atoms with Crippen LogP contribution >= 0.6 is 0 Å².